The first kappa shape index (κ1) is 47.7. The van der Waals surface area contributed by atoms with E-state index < -0.39 is 117 Å². The zero-order chi connectivity index (χ0) is 45.8. The molecule has 3 saturated carbocycles. The van der Waals surface area contributed by atoms with E-state index in [1.54, 1.807) is 6.92 Å². The molecule has 5 heterocycles. The van der Waals surface area contributed by atoms with Crippen molar-refractivity contribution in [3.63, 3.8) is 0 Å². The summed E-state index contributed by atoms with van der Waals surface area (Å²) in [7, 11) is 0. The zero-order valence-electron chi connectivity index (χ0n) is 37.0. The van der Waals surface area contributed by atoms with E-state index in [-0.39, 0.29) is 59.6 Å². The normalized spacial score (nSPS) is 56.2. The van der Waals surface area contributed by atoms with Crippen molar-refractivity contribution < 1.29 is 93.8 Å². The smallest absolute Gasteiger partial charge is 0.187 e. The molecule has 0 radical (unpaired) electrons. The molecule has 64 heavy (non-hydrogen) atoms. The van der Waals surface area contributed by atoms with E-state index in [2.05, 4.69) is 26.8 Å². The van der Waals surface area contributed by atoms with Crippen LogP contribution in [0, 0.1) is 46.3 Å². The van der Waals surface area contributed by atoms with Crippen LogP contribution in [0.15, 0.2) is 11.6 Å². The van der Waals surface area contributed by atoms with Crippen LogP contribution in [0.4, 0.5) is 0 Å². The summed E-state index contributed by atoms with van der Waals surface area (Å²) >= 11 is 0. The Bertz CT molecular complexity index is 1710. The van der Waals surface area contributed by atoms with Gasteiger partial charge in [0.05, 0.1) is 44.7 Å². The van der Waals surface area contributed by atoms with Gasteiger partial charge >= 0.3 is 0 Å². The minimum atomic E-state index is -1.69. The van der Waals surface area contributed by atoms with Crippen molar-refractivity contribution in [3.05, 3.63) is 11.6 Å². The van der Waals surface area contributed by atoms with Crippen molar-refractivity contribution in [3.8, 4) is 0 Å². The lowest BCUT2D eigenvalue weighted by Gasteiger charge is -2.58. The third-order valence-corrected chi connectivity index (χ3v) is 17.6. The van der Waals surface area contributed by atoms with Crippen molar-refractivity contribution in [2.45, 2.75) is 189 Å². The monoisotopic (exact) mass is 914 g/mol. The first-order valence-electron chi connectivity index (χ1n) is 23.5. The number of rotatable bonds is 9. The van der Waals surface area contributed by atoms with Crippen LogP contribution in [0.25, 0.3) is 0 Å². The fourth-order valence-corrected chi connectivity index (χ4v) is 13.8. The lowest BCUT2D eigenvalue weighted by atomic mass is 9.46. The molecule has 4 aliphatic carbocycles. The van der Waals surface area contributed by atoms with E-state index in [4.69, 9.17) is 37.9 Å². The Labute approximate surface area is 372 Å². The summed E-state index contributed by atoms with van der Waals surface area (Å²) in [5.74, 6) is -0.0428. The number of aliphatic hydroxyl groups excluding tert-OH is 10. The van der Waals surface area contributed by atoms with Gasteiger partial charge in [0.25, 0.3) is 0 Å². The van der Waals surface area contributed by atoms with Gasteiger partial charge in [-0.05, 0) is 68.6 Å². The van der Waals surface area contributed by atoms with Gasteiger partial charge in [-0.15, -0.1) is 0 Å². The molecular formula is C45H70O19. The van der Waals surface area contributed by atoms with Crippen LogP contribution >= 0.6 is 0 Å². The van der Waals surface area contributed by atoms with Crippen LogP contribution in [0.1, 0.15) is 79.1 Å². The van der Waals surface area contributed by atoms with Gasteiger partial charge in [-0.3, -0.25) is 4.79 Å². The maximum atomic E-state index is 14.7. The molecule has 0 aromatic rings. The number of carbonyl (C=O) groups excluding carboxylic acids is 1. The summed E-state index contributed by atoms with van der Waals surface area (Å²) in [4.78, 5) is 14.7. The molecule has 19 nitrogen and oxygen atoms in total. The molecule has 0 unspecified atom stereocenters. The van der Waals surface area contributed by atoms with E-state index in [9.17, 15) is 55.9 Å². The highest BCUT2D eigenvalue weighted by Gasteiger charge is 2.71. The highest BCUT2D eigenvalue weighted by atomic mass is 16.7. The summed E-state index contributed by atoms with van der Waals surface area (Å²) in [6, 6.07) is 0. The predicted molar refractivity (Wildman–Crippen MR) is 216 cm³/mol. The minimum absolute atomic E-state index is 0.00273. The lowest BCUT2D eigenvalue weighted by molar-refractivity contribution is -0.359. The van der Waals surface area contributed by atoms with Gasteiger partial charge in [-0.2, -0.15) is 0 Å². The van der Waals surface area contributed by atoms with Crippen molar-refractivity contribution >= 4 is 5.78 Å². The van der Waals surface area contributed by atoms with Gasteiger partial charge in [0, 0.05) is 36.0 Å². The van der Waals surface area contributed by atoms with Crippen LogP contribution in [-0.4, -0.2) is 193 Å². The van der Waals surface area contributed by atoms with Gasteiger partial charge in [0.1, 0.15) is 72.9 Å². The molecule has 5 aliphatic heterocycles. The Morgan fingerprint density at radius 2 is 1.38 bits per heavy atom. The Hall–Kier alpha value is -1.31. The molecule has 0 amide bonds. The number of carbonyl (C=O) groups is 1. The second-order valence-corrected chi connectivity index (χ2v) is 20.9. The molecule has 26 atom stereocenters. The van der Waals surface area contributed by atoms with Crippen molar-refractivity contribution in [1.29, 1.82) is 0 Å². The Balaban J connectivity index is 0.801. The van der Waals surface area contributed by atoms with Crippen molar-refractivity contribution in [1.82, 2.24) is 0 Å². The molecule has 9 rings (SSSR count). The molecule has 19 heteroatoms. The summed E-state index contributed by atoms with van der Waals surface area (Å²) in [5, 5.41) is 103. The van der Waals surface area contributed by atoms with E-state index in [0.717, 1.165) is 19.3 Å². The SMILES string of the molecule is C[C@H]1O[C@@H](O[C@H]2CC[C@@]3(C)C(=CC[C@H]4[C@H]5C[C@@H]6O[C@]7(CC[C@@H](CO[C@@H]8O[C@H](CO)[C@@H](O)[C@H](O)[C@H]8O)CO7)[C@@H](C)[C@@H]6[C@@]5(C)C(=O)C[C@@H]43)C2)[C@H](O)[C@@H](O)[C@H]1O[C@@H]1O[C@H](CO)[C@@H](O)[C@H](O)[C@H]1O. The Morgan fingerprint density at radius 1 is 0.734 bits per heavy atom. The second kappa shape index (κ2) is 17.9. The van der Waals surface area contributed by atoms with E-state index in [1.165, 1.54) is 5.57 Å². The standard InChI is InChI=1S/C45H70O19/c1-18-30-26(64-45(18)10-7-20(17-58-45)16-57-40-36(54)33(51)31(49)27(14-46)61-40)12-25-23-6-5-21-11-22(8-9-43(21,3)24(23)13-29(48)44(25,30)4)60-41-38(56)35(53)39(19(2)59-41)63-42-37(55)34(52)32(50)28(15-47)62-42/h5,18-20,22-28,30-42,46-47,49-56H,6-17H2,1-4H3/t18-,19+,20-,22-,23+,24-,25+,26-,27+,28+,30-,31+,32+,33-,34-,35+,36+,37+,38+,39-,40+,41-,42-,43-,44+,45+/m0/s1. The van der Waals surface area contributed by atoms with Crippen molar-refractivity contribution in [2.24, 2.45) is 46.3 Å². The average Bonchev–Trinajstić information content (AvgIpc) is 3.73. The number of hydrogen-bond donors (Lipinski definition) is 10. The lowest BCUT2D eigenvalue weighted by Crippen LogP contribution is -2.64. The fourth-order valence-electron chi connectivity index (χ4n) is 13.8. The maximum absolute atomic E-state index is 14.7. The molecule has 1 spiro atoms. The maximum Gasteiger partial charge on any atom is 0.187 e. The Kier molecular flexibility index (Phi) is 13.3. The number of Topliss-reactive ketones (excluding diaryl/α,β-unsaturated/α-hetero) is 1. The summed E-state index contributed by atoms with van der Waals surface area (Å²) in [6.07, 6.45) is -13.4. The van der Waals surface area contributed by atoms with Gasteiger partial charge in [0.2, 0.25) is 0 Å². The quantitative estimate of drug-likeness (QED) is 0.116. The average molecular weight is 915 g/mol. The first-order chi connectivity index (χ1) is 30.4. The van der Waals surface area contributed by atoms with Crippen LogP contribution in [0.2, 0.25) is 0 Å². The third kappa shape index (κ3) is 7.69. The van der Waals surface area contributed by atoms with Crippen LogP contribution in [-0.2, 0) is 42.7 Å². The van der Waals surface area contributed by atoms with E-state index in [1.807, 2.05) is 0 Å². The van der Waals surface area contributed by atoms with E-state index in [0.29, 0.717) is 44.6 Å². The zero-order valence-corrected chi connectivity index (χ0v) is 37.0. The summed E-state index contributed by atoms with van der Waals surface area (Å²) < 4.78 is 48.5. The first-order valence-corrected chi connectivity index (χ1v) is 23.5. The number of fused-ring (bicyclic) bond motifs is 7. The molecule has 5 saturated heterocycles. The topological polar surface area (TPSA) is 293 Å². The molecule has 364 valence electrons. The van der Waals surface area contributed by atoms with Crippen molar-refractivity contribution in [2.75, 3.05) is 26.4 Å². The summed E-state index contributed by atoms with van der Waals surface area (Å²) in [6.45, 7) is 7.54. The fraction of sp³-hybridized carbons (Fsp3) is 0.933. The third-order valence-electron chi connectivity index (χ3n) is 17.6. The highest BCUT2D eigenvalue weighted by molar-refractivity contribution is 5.87. The number of ketones is 1. The van der Waals surface area contributed by atoms with Gasteiger partial charge < -0.3 is 89.0 Å². The van der Waals surface area contributed by atoms with Crippen LogP contribution in [0.3, 0.4) is 0 Å². The Morgan fingerprint density at radius 3 is 2.03 bits per heavy atom. The minimum Gasteiger partial charge on any atom is -0.394 e. The largest absolute Gasteiger partial charge is 0.394 e. The number of aliphatic hydroxyl groups is 10. The van der Waals surface area contributed by atoms with Gasteiger partial charge in [0.15, 0.2) is 24.7 Å². The molecule has 10 N–H and O–H groups in total. The van der Waals surface area contributed by atoms with Crippen LogP contribution in [0.5, 0.6) is 0 Å². The van der Waals surface area contributed by atoms with Crippen LogP contribution < -0.4 is 0 Å². The highest BCUT2D eigenvalue weighted by Crippen LogP contribution is 2.69. The molecule has 8 fully saturated rings. The van der Waals surface area contributed by atoms with E-state index >= 15 is 0 Å². The molecule has 9 aliphatic rings. The predicted octanol–water partition coefficient (Wildman–Crippen LogP) is -1.63. The number of hydrogen-bond acceptors (Lipinski definition) is 19. The van der Waals surface area contributed by atoms with Gasteiger partial charge in [-0.1, -0.05) is 32.4 Å². The molecule has 0 bridgehead atoms. The second-order valence-electron chi connectivity index (χ2n) is 20.9. The van der Waals surface area contributed by atoms with Gasteiger partial charge in [-0.25, -0.2) is 0 Å². The molecule has 0 aromatic heterocycles. The molecule has 0 aromatic carbocycles. The summed E-state index contributed by atoms with van der Waals surface area (Å²) in [5.41, 5.74) is 0.430. The number of ether oxygens (including phenoxy) is 8. The number of allylic oxidation sites excluding steroid dienone is 1. The molecular weight excluding hydrogens is 844 g/mol.